The van der Waals surface area contributed by atoms with Crippen molar-refractivity contribution in [3.8, 4) is 0 Å². The van der Waals surface area contributed by atoms with Crippen LogP contribution in [0.2, 0.25) is 0 Å². The van der Waals surface area contributed by atoms with Crippen LogP contribution in [0.15, 0.2) is 53.5 Å². The van der Waals surface area contributed by atoms with E-state index in [0.29, 0.717) is 24.7 Å². The minimum atomic E-state index is -0.418. The zero-order chi connectivity index (χ0) is 18.9. The number of amides is 1. The second kappa shape index (κ2) is 9.50. The molecule has 2 aromatic rings. The lowest BCUT2D eigenvalue weighted by Crippen LogP contribution is -2.39. The molecule has 0 radical (unpaired) electrons. The summed E-state index contributed by atoms with van der Waals surface area (Å²) in [7, 11) is 1.83. The molecule has 0 atom stereocenters. The van der Waals surface area contributed by atoms with E-state index >= 15 is 0 Å². The maximum absolute atomic E-state index is 13.2. The normalized spacial score (nSPS) is 11.2. The summed E-state index contributed by atoms with van der Waals surface area (Å²) >= 11 is 0. The van der Waals surface area contributed by atoms with E-state index in [1.54, 1.807) is 18.2 Å². The quantitative estimate of drug-likeness (QED) is 0.615. The van der Waals surface area contributed by atoms with E-state index in [4.69, 9.17) is 0 Å². The first-order valence-corrected chi connectivity index (χ1v) is 8.27. The van der Waals surface area contributed by atoms with E-state index in [1.807, 2.05) is 18.9 Å². The van der Waals surface area contributed by atoms with Gasteiger partial charge in [0.25, 0.3) is 0 Å². The van der Waals surface area contributed by atoms with Gasteiger partial charge in [-0.3, -0.25) is 4.79 Å². The average Bonchev–Trinajstić information content (AvgIpc) is 2.60. The number of halogens is 2. The molecule has 2 rings (SSSR count). The molecule has 0 aliphatic rings. The Balaban J connectivity index is 1.98. The first kappa shape index (κ1) is 19.4. The molecule has 0 heterocycles. The molecule has 0 fully saturated rings. The van der Waals surface area contributed by atoms with Crippen molar-refractivity contribution in [1.82, 2.24) is 10.2 Å². The van der Waals surface area contributed by atoms with Crippen LogP contribution in [-0.4, -0.2) is 36.9 Å². The summed E-state index contributed by atoms with van der Waals surface area (Å²) in [5, 5.41) is 5.71. The van der Waals surface area contributed by atoms with Crippen molar-refractivity contribution < 1.29 is 13.6 Å². The predicted octanol–water partition coefficient (Wildman–Crippen LogP) is 3.00. The van der Waals surface area contributed by atoms with E-state index in [-0.39, 0.29) is 18.3 Å². The third-order valence-corrected chi connectivity index (χ3v) is 3.51. The average molecular weight is 360 g/mol. The molecule has 0 saturated heterocycles. The minimum absolute atomic E-state index is 0.105. The molecular formula is C19H22F2N4O. The van der Waals surface area contributed by atoms with E-state index in [2.05, 4.69) is 15.6 Å². The number of hydrogen-bond acceptors (Lipinski definition) is 2. The van der Waals surface area contributed by atoms with Crippen molar-refractivity contribution in [1.29, 1.82) is 0 Å². The summed E-state index contributed by atoms with van der Waals surface area (Å²) in [4.78, 5) is 18.2. The number of benzene rings is 2. The van der Waals surface area contributed by atoms with Gasteiger partial charge in [0.15, 0.2) is 5.96 Å². The summed E-state index contributed by atoms with van der Waals surface area (Å²) in [6.45, 7) is 2.97. The standard InChI is InChI=1S/C19H22F2N4O/c1-3-22-19(25(2)13-14-7-9-15(20)10-8-14)23-12-18(26)24-17-6-4-5-16(21)11-17/h4-11H,3,12-13H2,1-2H3,(H,22,23)(H,24,26). The lowest BCUT2D eigenvalue weighted by molar-refractivity contribution is -0.114. The van der Waals surface area contributed by atoms with Crippen LogP contribution in [0.4, 0.5) is 14.5 Å². The van der Waals surface area contributed by atoms with Gasteiger partial charge >= 0.3 is 0 Å². The van der Waals surface area contributed by atoms with Gasteiger partial charge in [0.2, 0.25) is 5.91 Å². The molecule has 0 aliphatic carbocycles. The van der Waals surface area contributed by atoms with Crippen LogP contribution in [0, 0.1) is 11.6 Å². The zero-order valence-corrected chi connectivity index (χ0v) is 14.8. The highest BCUT2D eigenvalue weighted by atomic mass is 19.1. The maximum Gasteiger partial charge on any atom is 0.246 e. The van der Waals surface area contributed by atoms with Crippen LogP contribution in [0.3, 0.4) is 0 Å². The number of nitrogens with one attached hydrogen (secondary N) is 2. The van der Waals surface area contributed by atoms with Crippen molar-refractivity contribution in [3.05, 3.63) is 65.7 Å². The molecule has 0 saturated carbocycles. The summed E-state index contributed by atoms with van der Waals surface area (Å²) in [5.74, 6) is -0.503. The van der Waals surface area contributed by atoms with Gasteiger partial charge in [0.1, 0.15) is 18.2 Å². The van der Waals surface area contributed by atoms with Gasteiger partial charge in [-0.2, -0.15) is 0 Å². The molecule has 0 aliphatic heterocycles. The summed E-state index contributed by atoms with van der Waals surface area (Å²) in [5.41, 5.74) is 1.30. The van der Waals surface area contributed by atoms with Crippen LogP contribution in [0.5, 0.6) is 0 Å². The number of anilines is 1. The number of carbonyl (C=O) groups excluding carboxylic acids is 1. The molecule has 0 spiro atoms. The largest absolute Gasteiger partial charge is 0.357 e. The fourth-order valence-electron chi connectivity index (χ4n) is 2.32. The third-order valence-electron chi connectivity index (χ3n) is 3.51. The van der Waals surface area contributed by atoms with Crippen LogP contribution in [0.25, 0.3) is 0 Å². The van der Waals surface area contributed by atoms with Crippen molar-refractivity contribution >= 4 is 17.6 Å². The Morgan fingerprint density at radius 2 is 1.85 bits per heavy atom. The first-order valence-electron chi connectivity index (χ1n) is 8.27. The van der Waals surface area contributed by atoms with Crippen molar-refractivity contribution in [2.45, 2.75) is 13.5 Å². The second-order valence-electron chi connectivity index (χ2n) is 5.71. The Morgan fingerprint density at radius 3 is 2.50 bits per heavy atom. The second-order valence-corrected chi connectivity index (χ2v) is 5.71. The van der Waals surface area contributed by atoms with Gasteiger partial charge in [-0.25, -0.2) is 13.8 Å². The lowest BCUT2D eigenvalue weighted by Gasteiger charge is -2.22. The Labute approximate surface area is 151 Å². The number of aliphatic imine (C=N–C) groups is 1. The van der Waals surface area contributed by atoms with Gasteiger partial charge in [-0.1, -0.05) is 18.2 Å². The Morgan fingerprint density at radius 1 is 1.12 bits per heavy atom. The molecule has 26 heavy (non-hydrogen) atoms. The monoisotopic (exact) mass is 360 g/mol. The van der Waals surface area contributed by atoms with E-state index in [1.165, 1.54) is 30.3 Å². The molecule has 5 nitrogen and oxygen atoms in total. The highest BCUT2D eigenvalue weighted by molar-refractivity contribution is 5.94. The van der Waals surface area contributed by atoms with Gasteiger partial charge in [0.05, 0.1) is 0 Å². The highest BCUT2D eigenvalue weighted by Crippen LogP contribution is 2.09. The first-order chi connectivity index (χ1) is 12.5. The molecule has 138 valence electrons. The van der Waals surface area contributed by atoms with Crippen LogP contribution in [-0.2, 0) is 11.3 Å². The zero-order valence-electron chi connectivity index (χ0n) is 14.8. The minimum Gasteiger partial charge on any atom is -0.357 e. The van der Waals surface area contributed by atoms with Crippen molar-refractivity contribution in [2.75, 3.05) is 25.5 Å². The molecule has 0 unspecified atom stereocenters. The number of nitrogens with zero attached hydrogens (tertiary/aromatic N) is 2. The van der Waals surface area contributed by atoms with Crippen molar-refractivity contribution in [3.63, 3.8) is 0 Å². The Hall–Kier alpha value is -2.96. The third kappa shape index (κ3) is 6.16. The molecule has 2 aromatic carbocycles. The highest BCUT2D eigenvalue weighted by Gasteiger charge is 2.09. The number of guanidine groups is 1. The fraction of sp³-hybridized carbons (Fsp3) is 0.263. The summed E-state index contributed by atoms with van der Waals surface area (Å²) in [6, 6.07) is 11.9. The number of hydrogen-bond donors (Lipinski definition) is 2. The SMILES string of the molecule is CCNC(=NCC(=O)Nc1cccc(F)c1)N(C)Cc1ccc(F)cc1. The molecule has 0 bridgehead atoms. The predicted molar refractivity (Wildman–Crippen MR) is 98.9 cm³/mol. The topological polar surface area (TPSA) is 56.7 Å². The smallest absolute Gasteiger partial charge is 0.246 e. The van der Waals surface area contributed by atoms with Gasteiger partial charge in [0, 0.05) is 25.8 Å². The van der Waals surface area contributed by atoms with Gasteiger partial charge in [-0.05, 0) is 42.8 Å². The van der Waals surface area contributed by atoms with E-state index in [9.17, 15) is 13.6 Å². The van der Waals surface area contributed by atoms with E-state index in [0.717, 1.165) is 5.56 Å². The Bertz CT molecular complexity index is 762. The summed E-state index contributed by atoms with van der Waals surface area (Å²) in [6.07, 6.45) is 0. The number of carbonyl (C=O) groups is 1. The molecule has 2 N–H and O–H groups in total. The maximum atomic E-state index is 13.2. The van der Waals surface area contributed by atoms with Crippen molar-refractivity contribution in [2.24, 2.45) is 4.99 Å². The van der Waals surface area contributed by atoms with Crippen LogP contribution >= 0.6 is 0 Å². The molecular weight excluding hydrogens is 338 g/mol. The Kier molecular flexibility index (Phi) is 7.08. The van der Waals surface area contributed by atoms with E-state index < -0.39 is 5.82 Å². The fourth-order valence-corrected chi connectivity index (χ4v) is 2.32. The molecule has 7 heteroatoms. The van der Waals surface area contributed by atoms with Gasteiger partial charge in [-0.15, -0.1) is 0 Å². The lowest BCUT2D eigenvalue weighted by atomic mass is 10.2. The number of rotatable bonds is 6. The summed E-state index contributed by atoms with van der Waals surface area (Å²) < 4.78 is 26.2. The van der Waals surface area contributed by atoms with Gasteiger partial charge < -0.3 is 15.5 Å². The van der Waals surface area contributed by atoms with Crippen LogP contribution in [0.1, 0.15) is 12.5 Å². The van der Waals surface area contributed by atoms with Crippen LogP contribution < -0.4 is 10.6 Å². The molecule has 0 aromatic heterocycles. The molecule has 1 amide bonds.